The topological polar surface area (TPSA) is 12.0 Å². The lowest BCUT2D eigenvalue weighted by Crippen LogP contribution is -2.33. The minimum atomic E-state index is 0.522. The largest absolute Gasteiger partial charge is 0.314 e. The first kappa shape index (κ1) is 16.1. The van der Waals surface area contributed by atoms with Gasteiger partial charge in [0.1, 0.15) is 0 Å². The first-order valence-corrected chi connectivity index (χ1v) is 8.62. The van der Waals surface area contributed by atoms with Gasteiger partial charge in [0.2, 0.25) is 0 Å². The molecule has 0 amide bonds. The van der Waals surface area contributed by atoms with E-state index in [-0.39, 0.29) is 0 Å². The van der Waals surface area contributed by atoms with Gasteiger partial charge in [-0.05, 0) is 55.5 Å². The molecule has 1 aromatic carbocycles. The zero-order valence-electron chi connectivity index (χ0n) is 12.3. The minimum Gasteiger partial charge on any atom is -0.314 e. The van der Waals surface area contributed by atoms with Crippen LogP contribution in [-0.2, 0) is 6.42 Å². The average molecular weight is 314 g/mol. The summed E-state index contributed by atoms with van der Waals surface area (Å²) in [5.41, 5.74) is 1.17. The third-order valence-electron chi connectivity index (χ3n) is 4.25. The van der Waals surface area contributed by atoms with Crippen LogP contribution in [0.2, 0.25) is 10.0 Å². The number of halogens is 2. The van der Waals surface area contributed by atoms with Crippen molar-refractivity contribution >= 4 is 23.2 Å². The Balaban J connectivity index is 1.99. The van der Waals surface area contributed by atoms with Crippen LogP contribution >= 0.6 is 23.2 Å². The molecule has 0 aliphatic heterocycles. The fourth-order valence-electron chi connectivity index (χ4n) is 3.20. The van der Waals surface area contributed by atoms with Crippen molar-refractivity contribution in [1.29, 1.82) is 0 Å². The highest BCUT2D eigenvalue weighted by atomic mass is 35.5. The van der Waals surface area contributed by atoms with E-state index in [1.54, 1.807) is 0 Å². The predicted octanol–water partition coefficient (Wildman–Crippen LogP) is 5.48. The van der Waals surface area contributed by atoms with Crippen LogP contribution < -0.4 is 5.32 Å². The Hall–Kier alpha value is -0.240. The van der Waals surface area contributed by atoms with Crippen LogP contribution in [0.15, 0.2) is 18.2 Å². The first-order chi connectivity index (χ1) is 9.69. The number of hydrogen-bond donors (Lipinski definition) is 1. The lowest BCUT2D eigenvalue weighted by atomic mass is 9.94. The molecule has 0 radical (unpaired) electrons. The van der Waals surface area contributed by atoms with Crippen molar-refractivity contribution in [1.82, 2.24) is 5.32 Å². The molecule has 1 aromatic rings. The third-order valence-corrected chi connectivity index (χ3v) is 4.85. The quantitative estimate of drug-likeness (QED) is 0.702. The summed E-state index contributed by atoms with van der Waals surface area (Å²) >= 11 is 12.4. The molecule has 1 aliphatic rings. The number of rotatable bonds is 7. The van der Waals surface area contributed by atoms with E-state index in [4.69, 9.17) is 23.2 Å². The Morgan fingerprint density at radius 3 is 2.70 bits per heavy atom. The summed E-state index contributed by atoms with van der Waals surface area (Å²) in [6, 6.07) is 6.30. The van der Waals surface area contributed by atoms with Gasteiger partial charge >= 0.3 is 0 Å². The molecule has 1 nitrogen and oxygen atoms in total. The highest BCUT2D eigenvalue weighted by molar-refractivity contribution is 6.33. The van der Waals surface area contributed by atoms with E-state index in [0.717, 1.165) is 28.9 Å². The van der Waals surface area contributed by atoms with Crippen molar-refractivity contribution < 1.29 is 0 Å². The second-order valence-electron chi connectivity index (χ2n) is 5.98. The molecular weight excluding hydrogens is 289 g/mol. The molecule has 1 aliphatic carbocycles. The lowest BCUT2D eigenvalue weighted by molar-refractivity contribution is 0.385. The summed E-state index contributed by atoms with van der Waals surface area (Å²) in [5, 5.41) is 5.30. The Morgan fingerprint density at radius 2 is 2.00 bits per heavy atom. The fourth-order valence-corrected chi connectivity index (χ4v) is 3.59. The van der Waals surface area contributed by atoms with Crippen LogP contribution in [0.1, 0.15) is 51.0 Å². The molecule has 2 rings (SSSR count). The SMILES string of the molecule is CCCNC(Cc1cc(Cl)ccc1Cl)CC1CCCC1. The van der Waals surface area contributed by atoms with Gasteiger partial charge in [-0.2, -0.15) is 0 Å². The highest BCUT2D eigenvalue weighted by Crippen LogP contribution is 2.30. The molecule has 3 heteroatoms. The van der Waals surface area contributed by atoms with Crippen LogP contribution in [0.5, 0.6) is 0 Å². The van der Waals surface area contributed by atoms with Crippen LogP contribution in [0.3, 0.4) is 0 Å². The molecule has 0 spiro atoms. The molecule has 112 valence electrons. The van der Waals surface area contributed by atoms with Crippen LogP contribution in [-0.4, -0.2) is 12.6 Å². The van der Waals surface area contributed by atoms with E-state index in [1.165, 1.54) is 44.1 Å². The maximum atomic E-state index is 6.30. The maximum Gasteiger partial charge on any atom is 0.0439 e. The predicted molar refractivity (Wildman–Crippen MR) is 88.8 cm³/mol. The van der Waals surface area contributed by atoms with Gasteiger partial charge < -0.3 is 5.32 Å². The molecule has 1 saturated carbocycles. The summed E-state index contributed by atoms with van der Waals surface area (Å²) in [7, 11) is 0. The zero-order valence-corrected chi connectivity index (χ0v) is 13.8. The molecule has 0 aromatic heterocycles. The Bertz CT molecular complexity index is 413. The Morgan fingerprint density at radius 1 is 1.25 bits per heavy atom. The average Bonchev–Trinajstić information content (AvgIpc) is 2.93. The van der Waals surface area contributed by atoms with Gasteiger partial charge in [-0.25, -0.2) is 0 Å². The maximum absolute atomic E-state index is 6.30. The second-order valence-corrected chi connectivity index (χ2v) is 6.82. The third kappa shape index (κ3) is 4.95. The molecule has 0 heterocycles. The summed E-state index contributed by atoms with van der Waals surface area (Å²) in [6.45, 7) is 3.29. The van der Waals surface area contributed by atoms with E-state index in [1.807, 2.05) is 18.2 Å². The zero-order chi connectivity index (χ0) is 14.4. The second kappa shape index (κ2) is 8.26. The van der Waals surface area contributed by atoms with E-state index in [9.17, 15) is 0 Å². The molecule has 1 unspecified atom stereocenters. The van der Waals surface area contributed by atoms with E-state index < -0.39 is 0 Å². The summed E-state index contributed by atoms with van der Waals surface area (Å²) in [6.07, 6.45) is 9.02. The number of benzene rings is 1. The Labute approximate surface area is 133 Å². The van der Waals surface area contributed by atoms with Crippen molar-refractivity contribution in [2.45, 2.75) is 57.9 Å². The van der Waals surface area contributed by atoms with Gasteiger partial charge in [0.05, 0.1) is 0 Å². The number of nitrogens with one attached hydrogen (secondary N) is 1. The standard InChI is InChI=1S/C17H25Cl2N/c1-2-9-20-16(10-13-5-3-4-6-13)12-14-11-15(18)7-8-17(14)19/h7-8,11,13,16,20H,2-6,9-10,12H2,1H3. The van der Waals surface area contributed by atoms with Crippen LogP contribution in [0.25, 0.3) is 0 Å². The van der Waals surface area contributed by atoms with Gasteiger partial charge in [-0.3, -0.25) is 0 Å². The molecule has 1 atom stereocenters. The summed E-state index contributed by atoms with van der Waals surface area (Å²) in [4.78, 5) is 0. The van der Waals surface area contributed by atoms with Gasteiger partial charge in [-0.15, -0.1) is 0 Å². The molecule has 1 fully saturated rings. The fraction of sp³-hybridized carbons (Fsp3) is 0.647. The lowest BCUT2D eigenvalue weighted by Gasteiger charge is -2.22. The smallest absolute Gasteiger partial charge is 0.0439 e. The van der Waals surface area contributed by atoms with Gasteiger partial charge in [-0.1, -0.05) is 55.8 Å². The van der Waals surface area contributed by atoms with E-state index in [2.05, 4.69) is 12.2 Å². The highest BCUT2D eigenvalue weighted by Gasteiger charge is 2.20. The monoisotopic (exact) mass is 313 g/mol. The van der Waals surface area contributed by atoms with Crippen LogP contribution in [0, 0.1) is 5.92 Å². The van der Waals surface area contributed by atoms with Crippen molar-refractivity contribution in [3.63, 3.8) is 0 Å². The van der Waals surface area contributed by atoms with Gasteiger partial charge in [0, 0.05) is 16.1 Å². The summed E-state index contributed by atoms with van der Waals surface area (Å²) < 4.78 is 0. The van der Waals surface area contributed by atoms with Crippen molar-refractivity contribution in [2.75, 3.05) is 6.54 Å². The molecule has 0 saturated heterocycles. The molecular formula is C17H25Cl2N. The summed E-state index contributed by atoms with van der Waals surface area (Å²) in [5.74, 6) is 0.891. The molecule has 20 heavy (non-hydrogen) atoms. The molecule has 0 bridgehead atoms. The minimum absolute atomic E-state index is 0.522. The number of hydrogen-bond acceptors (Lipinski definition) is 1. The van der Waals surface area contributed by atoms with Crippen molar-refractivity contribution in [2.24, 2.45) is 5.92 Å². The van der Waals surface area contributed by atoms with E-state index >= 15 is 0 Å². The van der Waals surface area contributed by atoms with E-state index in [0.29, 0.717) is 6.04 Å². The first-order valence-electron chi connectivity index (χ1n) is 7.86. The Kier molecular flexibility index (Phi) is 6.67. The van der Waals surface area contributed by atoms with Crippen molar-refractivity contribution in [3.8, 4) is 0 Å². The van der Waals surface area contributed by atoms with Gasteiger partial charge in [0.25, 0.3) is 0 Å². The van der Waals surface area contributed by atoms with Gasteiger partial charge in [0.15, 0.2) is 0 Å². The van der Waals surface area contributed by atoms with Crippen molar-refractivity contribution in [3.05, 3.63) is 33.8 Å². The van der Waals surface area contributed by atoms with Crippen LogP contribution in [0.4, 0.5) is 0 Å². The normalized spacial score (nSPS) is 17.6. The molecule has 1 N–H and O–H groups in total.